The number of rotatable bonds is 9. The summed E-state index contributed by atoms with van der Waals surface area (Å²) < 4.78 is 32.8. The average molecular weight is 386 g/mol. The van der Waals surface area contributed by atoms with Gasteiger partial charge in [-0.1, -0.05) is 18.7 Å². The summed E-state index contributed by atoms with van der Waals surface area (Å²) in [5.41, 5.74) is 1.02. The van der Waals surface area contributed by atoms with Crippen LogP contribution in [0.3, 0.4) is 0 Å². The predicted octanol–water partition coefficient (Wildman–Crippen LogP) is 3.59. The molecule has 0 aliphatic heterocycles. The van der Waals surface area contributed by atoms with Crippen molar-refractivity contribution in [1.82, 2.24) is 0 Å². The molecular formula is C20H22N2O4S. The average Bonchev–Trinajstić information content (AvgIpc) is 2.65. The lowest BCUT2D eigenvalue weighted by Crippen LogP contribution is -2.31. The summed E-state index contributed by atoms with van der Waals surface area (Å²) >= 11 is 0. The Labute approximate surface area is 159 Å². The normalized spacial score (nSPS) is 10.7. The monoisotopic (exact) mass is 386 g/mol. The zero-order valence-electron chi connectivity index (χ0n) is 15.1. The molecule has 0 aromatic heterocycles. The van der Waals surface area contributed by atoms with Crippen LogP contribution in [0.4, 0.5) is 11.4 Å². The van der Waals surface area contributed by atoms with Crippen LogP contribution in [0.5, 0.6) is 5.75 Å². The third-order valence-electron chi connectivity index (χ3n) is 3.55. The van der Waals surface area contributed by atoms with Crippen molar-refractivity contribution in [3.8, 4) is 5.75 Å². The molecule has 0 heterocycles. The maximum absolute atomic E-state index is 13.1. The van der Waals surface area contributed by atoms with Crippen LogP contribution in [0.25, 0.3) is 0 Å². The lowest BCUT2D eigenvalue weighted by atomic mass is 10.3. The Balaban J connectivity index is 2.31. The van der Waals surface area contributed by atoms with Gasteiger partial charge in [0.25, 0.3) is 10.0 Å². The summed E-state index contributed by atoms with van der Waals surface area (Å²) in [6, 6.07) is 12.8. The molecule has 6 nitrogen and oxygen atoms in total. The van der Waals surface area contributed by atoms with Gasteiger partial charge in [0.2, 0.25) is 5.91 Å². The van der Waals surface area contributed by atoms with E-state index in [0.29, 0.717) is 23.7 Å². The van der Waals surface area contributed by atoms with Gasteiger partial charge in [-0.3, -0.25) is 9.10 Å². The first kappa shape index (κ1) is 20.3. The predicted molar refractivity (Wildman–Crippen MR) is 108 cm³/mol. The molecule has 0 saturated carbocycles. The number of sulfonamides is 1. The molecule has 1 amide bonds. The first-order chi connectivity index (χ1) is 12.9. The third kappa shape index (κ3) is 5.21. The summed E-state index contributed by atoms with van der Waals surface area (Å²) in [6.07, 6.45) is 3.15. The number of ether oxygens (including phenoxy) is 1. The number of nitrogens with one attached hydrogen (secondary N) is 1. The molecule has 0 aliphatic rings. The van der Waals surface area contributed by atoms with E-state index >= 15 is 0 Å². The smallest absolute Gasteiger partial charge is 0.264 e. The van der Waals surface area contributed by atoms with Gasteiger partial charge in [-0.25, -0.2) is 8.42 Å². The molecule has 2 aromatic carbocycles. The summed E-state index contributed by atoms with van der Waals surface area (Å²) in [4.78, 5) is 11.2. The van der Waals surface area contributed by atoms with Crippen LogP contribution in [-0.4, -0.2) is 27.5 Å². The van der Waals surface area contributed by atoms with E-state index in [0.717, 1.165) is 0 Å². The second-order valence-corrected chi connectivity index (χ2v) is 7.49. The first-order valence-electron chi connectivity index (χ1n) is 8.23. The van der Waals surface area contributed by atoms with Crippen LogP contribution in [0.1, 0.15) is 6.92 Å². The Bertz CT molecular complexity index is 904. The molecule has 0 fully saturated rings. The minimum Gasteiger partial charge on any atom is -0.490 e. The van der Waals surface area contributed by atoms with Gasteiger partial charge in [0, 0.05) is 12.6 Å². The van der Waals surface area contributed by atoms with Gasteiger partial charge in [0.1, 0.15) is 12.4 Å². The number of benzene rings is 2. The lowest BCUT2D eigenvalue weighted by molar-refractivity contribution is -0.114. The lowest BCUT2D eigenvalue weighted by Gasteiger charge is -2.23. The fourth-order valence-corrected chi connectivity index (χ4v) is 3.80. The zero-order valence-corrected chi connectivity index (χ0v) is 15.9. The van der Waals surface area contributed by atoms with E-state index < -0.39 is 10.0 Å². The fourth-order valence-electron chi connectivity index (χ4n) is 2.36. The Morgan fingerprint density at radius 1 is 1.07 bits per heavy atom. The van der Waals surface area contributed by atoms with Crippen molar-refractivity contribution in [3.63, 3.8) is 0 Å². The molecule has 1 N–H and O–H groups in total. The fraction of sp³-hybridized carbons (Fsp3) is 0.150. The van der Waals surface area contributed by atoms with Gasteiger partial charge < -0.3 is 10.1 Å². The summed E-state index contributed by atoms with van der Waals surface area (Å²) in [5, 5.41) is 2.61. The minimum atomic E-state index is -3.80. The summed E-state index contributed by atoms with van der Waals surface area (Å²) in [5.74, 6) is 0.395. The maximum atomic E-state index is 13.1. The second-order valence-electron chi connectivity index (χ2n) is 5.62. The van der Waals surface area contributed by atoms with Crippen molar-refractivity contribution in [2.75, 3.05) is 22.8 Å². The van der Waals surface area contributed by atoms with E-state index in [2.05, 4.69) is 18.5 Å². The van der Waals surface area contributed by atoms with Crippen LogP contribution >= 0.6 is 0 Å². The van der Waals surface area contributed by atoms with E-state index in [1.54, 1.807) is 42.5 Å². The second kappa shape index (κ2) is 9.05. The molecular weight excluding hydrogens is 364 g/mol. The SMILES string of the molecule is C=CCOc1ccc(N(CC=C)S(=O)(=O)c2ccc(NC(C)=O)cc2)cc1. The number of hydrogen-bond acceptors (Lipinski definition) is 4. The van der Waals surface area contributed by atoms with Crippen LogP contribution in [-0.2, 0) is 14.8 Å². The highest BCUT2D eigenvalue weighted by atomic mass is 32.2. The highest BCUT2D eigenvalue weighted by Crippen LogP contribution is 2.26. The topological polar surface area (TPSA) is 75.7 Å². The molecule has 0 radical (unpaired) electrons. The molecule has 0 saturated heterocycles. The molecule has 0 bridgehead atoms. The number of carbonyl (C=O) groups excluding carboxylic acids is 1. The van der Waals surface area contributed by atoms with Crippen molar-refractivity contribution in [1.29, 1.82) is 0 Å². The van der Waals surface area contributed by atoms with Crippen molar-refractivity contribution >= 4 is 27.3 Å². The van der Waals surface area contributed by atoms with E-state index in [9.17, 15) is 13.2 Å². The number of hydrogen-bond donors (Lipinski definition) is 1. The van der Waals surface area contributed by atoms with E-state index in [4.69, 9.17) is 4.74 Å². The number of amides is 1. The standard InChI is InChI=1S/C20H22N2O4S/c1-4-14-22(18-8-10-19(11-9-18)26-15-5-2)27(24,25)20-12-6-17(7-13-20)21-16(3)23/h4-13H,1-2,14-15H2,3H3,(H,21,23). The number of anilines is 2. The Morgan fingerprint density at radius 3 is 2.22 bits per heavy atom. The molecule has 0 aliphatic carbocycles. The van der Waals surface area contributed by atoms with Gasteiger partial charge in [0.05, 0.1) is 17.1 Å². The Morgan fingerprint density at radius 2 is 1.70 bits per heavy atom. The van der Waals surface area contributed by atoms with Crippen LogP contribution in [0.15, 0.2) is 78.7 Å². The van der Waals surface area contributed by atoms with Crippen LogP contribution in [0, 0.1) is 0 Å². The van der Waals surface area contributed by atoms with Crippen molar-refractivity contribution in [2.24, 2.45) is 0 Å². The molecule has 0 unspecified atom stereocenters. The van der Waals surface area contributed by atoms with Crippen molar-refractivity contribution in [2.45, 2.75) is 11.8 Å². The molecule has 142 valence electrons. The molecule has 0 atom stereocenters. The Hall–Kier alpha value is -3.06. The first-order valence-corrected chi connectivity index (χ1v) is 9.67. The molecule has 2 rings (SSSR count). The Kier molecular flexibility index (Phi) is 6.79. The number of carbonyl (C=O) groups is 1. The van der Waals surface area contributed by atoms with Gasteiger partial charge >= 0.3 is 0 Å². The quantitative estimate of drug-likeness (QED) is 0.668. The summed E-state index contributed by atoms with van der Waals surface area (Å²) in [7, 11) is -3.80. The van der Waals surface area contributed by atoms with Gasteiger partial charge in [-0.2, -0.15) is 0 Å². The van der Waals surface area contributed by atoms with Gasteiger partial charge in [0.15, 0.2) is 0 Å². The molecule has 0 spiro atoms. The molecule has 7 heteroatoms. The van der Waals surface area contributed by atoms with E-state index in [1.165, 1.54) is 29.4 Å². The largest absolute Gasteiger partial charge is 0.490 e. The minimum absolute atomic E-state index is 0.114. The van der Waals surface area contributed by atoms with Crippen LogP contribution in [0.2, 0.25) is 0 Å². The molecule has 2 aromatic rings. The van der Waals surface area contributed by atoms with E-state index in [1.807, 2.05) is 0 Å². The van der Waals surface area contributed by atoms with Crippen LogP contribution < -0.4 is 14.4 Å². The summed E-state index contributed by atoms with van der Waals surface area (Å²) in [6.45, 7) is 9.11. The maximum Gasteiger partial charge on any atom is 0.264 e. The molecule has 27 heavy (non-hydrogen) atoms. The third-order valence-corrected chi connectivity index (χ3v) is 5.36. The van der Waals surface area contributed by atoms with Crippen molar-refractivity contribution in [3.05, 3.63) is 73.8 Å². The number of nitrogens with zero attached hydrogens (tertiary/aromatic N) is 1. The van der Waals surface area contributed by atoms with Crippen molar-refractivity contribution < 1.29 is 17.9 Å². The zero-order chi connectivity index (χ0) is 19.9. The van der Waals surface area contributed by atoms with E-state index in [-0.39, 0.29) is 17.3 Å². The highest BCUT2D eigenvalue weighted by molar-refractivity contribution is 7.92. The van der Waals surface area contributed by atoms with Gasteiger partial charge in [-0.15, -0.1) is 6.58 Å². The highest BCUT2D eigenvalue weighted by Gasteiger charge is 2.24. The van der Waals surface area contributed by atoms with Gasteiger partial charge in [-0.05, 0) is 48.5 Å².